The van der Waals surface area contributed by atoms with Crippen LogP contribution in [0, 0.1) is 6.92 Å². The lowest BCUT2D eigenvalue weighted by molar-refractivity contribution is -0.123. The van der Waals surface area contributed by atoms with Crippen LogP contribution in [0.25, 0.3) is 0 Å². The van der Waals surface area contributed by atoms with Crippen LogP contribution >= 0.6 is 22.6 Å². The molecular weight excluding hydrogens is 367 g/mol. The summed E-state index contributed by atoms with van der Waals surface area (Å²) in [6.07, 6.45) is 1.61. The van der Waals surface area contributed by atoms with Crippen molar-refractivity contribution in [3.63, 3.8) is 0 Å². The Morgan fingerprint density at radius 2 is 2.10 bits per heavy atom. The van der Waals surface area contributed by atoms with E-state index in [0.717, 1.165) is 11.3 Å². The van der Waals surface area contributed by atoms with E-state index in [2.05, 4.69) is 34.5 Å². The van der Waals surface area contributed by atoms with Gasteiger partial charge in [-0.1, -0.05) is 46.9 Å². The SMILES string of the molecule is C=CCNC(=O)CN(C(=O)C(C)I)c1ccccc1C. The highest BCUT2D eigenvalue weighted by molar-refractivity contribution is 14.1. The zero-order valence-electron chi connectivity index (χ0n) is 11.7. The second-order valence-electron chi connectivity index (χ2n) is 4.42. The fraction of sp³-hybridized carbons (Fsp3) is 0.333. The van der Waals surface area contributed by atoms with Crippen LogP contribution in [0.4, 0.5) is 5.69 Å². The average Bonchev–Trinajstić information content (AvgIpc) is 2.42. The van der Waals surface area contributed by atoms with Gasteiger partial charge >= 0.3 is 0 Å². The summed E-state index contributed by atoms with van der Waals surface area (Å²) in [5.41, 5.74) is 1.74. The Labute approximate surface area is 133 Å². The van der Waals surface area contributed by atoms with Gasteiger partial charge in [0.05, 0.1) is 3.92 Å². The van der Waals surface area contributed by atoms with Crippen molar-refractivity contribution in [2.75, 3.05) is 18.0 Å². The van der Waals surface area contributed by atoms with Crippen LogP contribution in [0.2, 0.25) is 0 Å². The Morgan fingerprint density at radius 3 is 2.65 bits per heavy atom. The van der Waals surface area contributed by atoms with E-state index in [1.807, 2.05) is 38.1 Å². The van der Waals surface area contributed by atoms with Crippen molar-refractivity contribution in [1.29, 1.82) is 0 Å². The lowest BCUT2D eigenvalue weighted by Crippen LogP contribution is -2.43. The molecule has 0 aliphatic heterocycles. The van der Waals surface area contributed by atoms with Gasteiger partial charge in [0.15, 0.2) is 0 Å². The summed E-state index contributed by atoms with van der Waals surface area (Å²) in [5, 5.41) is 2.69. The zero-order valence-corrected chi connectivity index (χ0v) is 13.9. The second-order valence-corrected chi connectivity index (χ2v) is 6.29. The second kappa shape index (κ2) is 8.04. The van der Waals surface area contributed by atoms with Crippen molar-refractivity contribution in [2.45, 2.75) is 17.8 Å². The predicted octanol–water partition coefficient (Wildman–Crippen LogP) is 2.45. The summed E-state index contributed by atoms with van der Waals surface area (Å²) in [6, 6.07) is 7.55. The largest absolute Gasteiger partial charge is 0.351 e. The molecule has 0 aliphatic rings. The highest BCUT2D eigenvalue weighted by atomic mass is 127. The van der Waals surface area contributed by atoms with Gasteiger partial charge in [-0.3, -0.25) is 9.59 Å². The Bertz CT molecular complexity index is 500. The lowest BCUT2D eigenvalue weighted by Gasteiger charge is -2.25. The maximum Gasteiger partial charge on any atom is 0.240 e. The molecule has 1 rings (SSSR count). The molecule has 1 unspecified atom stereocenters. The van der Waals surface area contributed by atoms with Gasteiger partial charge in [-0.05, 0) is 25.5 Å². The van der Waals surface area contributed by atoms with Gasteiger partial charge in [-0.2, -0.15) is 0 Å². The van der Waals surface area contributed by atoms with E-state index < -0.39 is 0 Å². The van der Waals surface area contributed by atoms with E-state index >= 15 is 0 Å². The third-order valence-corrected chi connectivity index (χ3v) is 3.29. The van der Waals surface area contributed by atoms with Crippen molar-refractivity contribution in [2.24, 2.45) is 0 Å². The van der Waals surface area contributed by atoms with E-state index in [0.29, 0.717) is 6.54 Å². The smallest absolute Gasteiger partial charge is 0.240 e. The normalized spacial score (nSPS) is 11.6. The Morgan fingerprint density at radius 1 is 1.45 bits per heavy atom. The minimum Gasteiger partial charge on any atom is -0.351 e. The summed E-state index contributed by atoms with van der Waals surface area (Å²) in [7, 11) is 0. The summed E-state index contributed by atoms with van der Waals surface area (Å²) >= 11 is 2.06. The summed E-state index contributed by atoms with van der Waals surface area (Å²) in [4.78, 5) is 25.7. The molecule has 5 heteroatoms. The molecule has 108 valence electrons. The van der Waals surface area contributed by atoms with Crippen molar-refractivity contribution in [3.05, 3.63) is 42.5 Å². The number of nitrogens with one attached hydrogen (secondary N) is 1. The molecule has 0 bridgehead atoms. The number of anilines is 1. The number of alkyl halides is 1. The number of hydrogen-bond acceptors (Lipinski definition) is 2. The van der Waals surface area contributed by atoms with Crippen molar-refractivity contribution in [3.8, 4) is 0 Å². The number of amides is 2. The number of para-hydroxylation sites is 1. The molecule has 1 N–H and O–H groups in total. The van der Waals surface area contributed by atoms with Crippen LogP contribution in [0.15, 0.2) is 36.9 Å². The minimum atomic E-state index is -0.196. The molecule has 0 saturated heterocycles. The predicted molar refractivity (Wildman–Crippen MR) is 90.2 cm³/mol. The van der Waals surface area contributed by atoms with E-state index in [4.69, 9.17) is 0 Å². The summed E-state index contributed by atoms with van der Waals surface area (Å²) in [5.74, 6) is -0.271. The summed E-state index contributed by atoms with van der Waals surface area (Å²) < 4.78 is -0.195. The molecule has 0 fully saturated rings. The van der Waals surface area contributed by atoms with Crippen LogP contribution in [0.1, 0.15) is 12.5 Å². The molecule has 4 nitrogen and oxygen atoms in total. The van der Waals surface area contributed by atoms with E-state index in [1.54, 1.807) is 6.08 Å². The molecule has 20 heavy (non-hydrogen) atoms. The third kappa shape index (κ3) is 4.63. The number of hydrogen-bond donors (Lipinski definition) is 1. The van der Waals surface area contributed by atoms with Gasteiger partial charge in [0.2, 0.25) is 11.8 Å². The number of benzene rings is 1. The van der Waals surface area contributed by atoms with Gasteiger partial charge in [-0.15, -0.1) is 6.58 Å². The van der Waals surface area contributed by atoms with Crippen LogP contribution in [0.3, 0.4) is 0 Å². The molecule has 0 spiro atoms. The maximum atomic E-state index is 12.3. The first-order chi connectivity index (χ1) is 9.47. The third-order valence-electron chi connectivity index (χ3n) is 2.76. The first kappa shape index (κ1) is 16.7. The van der Waals surface area contributed by atoms with Crippen molar-refractivity contribution in [1.82, 2.24) is 5.32 Å². The molecule has 1 aromatic carbocycles. The molecule has 1 atom stereocenters. The highest BCUT2D eigenvalue weighted by Crippen LogP contribution is 2.21. The Kier molecular flexibility index (Phi) is 6.70. The van der Waals surface area contributed by atoms with Crippen LogP contribution < -0.4 is 10.2 Å². The van der Waals surface area contributed by atoms with Crippen LogP contribution in [0.5, 0.6) is 0 Å². The van der Waals surface area contributed by atoms with E-state index in [1.165, 1.54) is 4.90 Å². The monoisotopic (exact) mass is 386 g/mol. The molecule has 0 saturated carbocycles. The van der Waals surface area contributed by atoms with Gasteiger partial charge in [-0.25, -0.2) is 0 Å². The van der Waals surface area contributed by atoms with Crippen molar-refractivity contribution < 1.29 is 9.59 Å². The summed E-state index contributed by atoms with van der Waals surface area (Å²) in [6.45, 7) is 7.71. The van der Waals surface area contributed by atoms with Crippen molar-refractivity contribution >= 4 is 40.1 Å². The average molecular weight is 386 g/mol. The van der Waals surface area contributed by atoms with Gasteiger partial charge in [0.1, 0.15) is 6.54 Å². The molecule has 1 aromatic rings. The first-order valence-electron chi connectivity index (χ1n) is 6.36. The Balaban J connectivity index is 2.98. The number of carbonyl (C=O) groups is 2. The lowest BCUT2D eigenvalue weighted by atomic mass is 10.1. The van der Waals surface area contributed by atoms with E-state index in [9.17, 15) is 9.59 Å². The van der Waals surface area contributed by atoms with E-state index in [-0.39, 0.29) is 22.3 Å². The topological polar surface area (TPSA) is 49.4 Å². The maximum absolute atomic E-state index is 12.3. The van der Waals surface area contributed by atoms with Crippen LogP contribution in [-0.4, -0.2) is 28.8 Å². The number of nitrogens with zero attached hydrogens (tertiary/aromatic N) is 1. The van der Waals surface area contributed by atoms with Gasteiger partial charge in [0.25, 0.3) is 0 Å². The fourth-order valence-corrected chi connectivity index (χ4v) is 2.08. The number of halogens is 1. The molecule has 0 aliphatic carbocycles. The zero-order chi connectivity index (χ0) is 15.1. The molecule has 0 radical (unpaired) electrons. The number of rotatable bonds is 6. The highest BCUT2D eigenvalue weighted by Gasteiger charge is 2.23. The molecular formula is C15H19IN2O2. The number of carbonyl (C=O) groups excluding carboxylic acids is 2. The molecule has 2 amide bonds. The van der Waals surface area contributed by atoms with Gasteiger partial charge in [0, 0.05) is 12.2 Å². The molecule has 0 heterocycles. The minimum absolute atomic E-state index is 0.0187. The molecule has 0 aromatic heterocycles. The Hall–Kier alpha value is -1.37. The van der Waals surface area contributed by atoms with Crippen LogP contribution in [-0.2, 0) is 9.59 Å². The quantitative estimate of drug-likeness (QED) is 0.464. The number of aryl methyl sites for hydroxylation is 1. The first-order valence-corrected chi connectivity index (χ1v) is 7.60. The fourth-order valence-electron chi connectivity index (χ4n) is 1.75. The van der Waals surface area contributed by atoms with Gasteiger partial charge < -0.3 is 10.2 Å². The standard InChI is InChI=1S/C15H19IN2O2/c1-4-9-17-14(19)10-18(15(20)12(3)16)13-8-6-5-7-11(13)2/h4-8,12H,1,9-10H2,2-3H3,(H,17,19).